The number of allylic oxidation sites excluding steroid dienone is 1. The van der Waals surface area contributed by atoms with Crippen molar-refractivity contribution in [3.8, 4) is 0 Å². The summed E-state index contributed by atoms with van der Waals surface area (Å²) in [5.41, 5.74) is 0.548. The lowest BCUT2D eigenvalue weighted by atomic mass is 10.2. The van der Waals surface area contributed by atoms with Crippen LogP contribution in [0.5, 0.6) is 0 Å². The molecule has 1 heterocycles. The van der Waals surface area contributed by atoms with Gasteiger partial charge in [0.25, 0.3) is 5.70 Å². The molecule has 1 aromatic rings. The molecule has 0 radical (unpaired) electrons. The Labute approximate surface area is 140 Å². The molecule has 0 fully saturated rings. The minimum absolute atomic E-state index is 0.216. The second kappa shape index (κ2) is 10.5. The molecule has 0 N–H and O–H groups in total. The summed E-state index contributed by atoms with van der Waals surface area (Å²) < 4.78 is 7.61. The van der Waals surface area contributed by atoms with Crippen molar-refractivity contribution in [2.24, 2.45) is 0 Å². The van der Waals surface area contributed by atoms with Crippen LogP contribution in [0.4, 0.5) is 0 Å². The van der Waals surface area contributed by atoms with Crippen molar-refractivity contribution < 1.29 is 18.9 Å². The smallest absolute Gasteiger partial charge is 0.313 e. The first kappa shape index (κ1) is 18.8. The zero-order chi connectivity index (χ0) is 16.4. The highest BCUT2D eigenvalue weighted by Gasteiger charge is 2.28. The van der Waals surface area contributed by atoms with Crippen molar-refractivity contribution in [1.29, 1.82) is 0 Å². The third kappa shape index (κ3) is 5.85. The summed E-state index contributed by atoms with van der Waals surface area (Å²) >= 11 is 3.24. The van der Waals surface area contributed by atoms with Gasteiger partial charge in [0.1, 0.15) is 10.7 Å². The number of esters is 1. The van der Waals surface area contributed by atoms with E-state index in [-0.39, 0.29) is 18.8 Å². The van der Waals surface area contributed by atoms with E-state index in [9.17, 15) is 9.59 Å². The topological polar surface area (TPSA) is 47.3 Å². The Balaban J connectivity index is 3.18. The third-order valence-corrected chi connectivity index (χ3v) is 4.79. The van der Waals surface area contributed by atoms with Crippen molar-refractivity contribution in [2.75, 3.05) is 18.1 Å². The first-order valence-electron chi connectivity index (χ1n) is 7.29. The molecule has 22 heavy (non-hydrogen) atoms. The Morgan fingerprint density at radius 1 is 1.00 bits per heavy atom. The van der Waals surface area contributed by atoms with Crippen LogP contribution in [-0.2, 0) is 14.3 Å². The van der Waals surface area contributed by atoms with Gasteiger partial charge in [-0.15, -0.1) is 23.5 Å². The maximum absolute atomic E-state index is 12.6. The maximum Gasteiger partial charge on any atom is 0.313 e. The normalized spacial score (nSPS) is 10.1. The molecule has 0 aliphatic heterocycles. The fourth-order valence-electron chi connectivity index (χ4n) is 1.78. The van der Waals surface area contributed by atoms with Crippen molar-refractivity contribution in [3.05, 3.63) is 34.8 Å². The molecule has 0 aliphatic carbocycles. The van der Waals surface area contributed by atoms with Crippen LogP contribution in [-0.4, -0.2) is 29.9 Å². The van der Waals surface area contributed by atoms with E-state index in [1.165, 1.54) is 0 Å². The molecule has 0 aliphatic rings. The van der Waals surface area contributed by atoms with Crippen LogP contribution in [0.15, 0.2) is 34.8 Å². The van der Waals surface area contributed by atoms with Gasteiger partial charge in [0.2, 0.25) is 5.78 Å². The first-order chi connectivity index (χ1) is 10.6. The number of carbonyl (C=O) groups excluding carboxylic acids is 2. The lowest BCUT2D eigenvalue weighted by Gasteiger charge is -2.08. The number of rotatable bonds is 9. The summed E-state index contributed by atoms with van der Waals surface area (Å²) in [6.45, 7) is 6.11. The van der Waals surface area contributed by atoms with Gasteiger partial charge >= 0.3 is 5.97 Å². The van der Waals surface area contributed by atoms with E-state index in [4.69, 9.17) is 4.74 Å². The fourth-order valence-corrected chi connectivity index (χ4v) is 4.06. The van der Waals surface area contributed by atoms with Gasteiger partial charge in [-0.2, -0.15) is 4.57 Å². The number of aromatic nitrogens is 1. The van der Waals surface area contributed by atoms with E-state index in [2.05, 4.69) is 0 Å². The SMILES string of the molecule is CCOC(=O)CC(=O)C(=C(SCC)SCC)[n+]1ccccc1. The molecule has 1 rings (SSSR count). The number of ketones is 1. The largest absolute Gasteiger partial charge is 0.466 e. The van der Waals surface area contributed by atoms with E-state index in [1.54, 1.807) is 35.0 Å². The van der Waals surface area contributed by atoms with Crippen molar-refractivity contribution in [2.45, 2.75) is 27.2 Å². The Hall–Kier alpha value is -1.27. The number of pyridine rings is 1. The Bertz CT molecular complexity index is 521. The molecule has 0 bridgehead atoms. The maximum atomic E-state index is 12.6. The zero-order valence-corrected chi connectivity index (χ0v) is 14.8. The Kier molecular flexibility index (Phi) is 8.92. The lowest BCUT2D eigenvalue weighted by molar-refractivity contribution is -0.577. The van der Waals surface area contributed by atoms with Gasteiger partial charge < -0.3 is 4.74 Å². The molecule has 0 unspecified atom stereocenters. The lowest BCUT2D eigenvalue weighted by Crippen LogP contribution is -2.37. The summed E-state index contributed by atoms with van der Waals surface area (Å²) in [5, 5.41) is 0. The highest BCUT2D eigenvalue weighted by Crippen LogP contribution is 2.32. The standard InChI is InChI=1S/C16H22NO3S2/c1-4-20-14(19)12-13(18)15(16(21-5-2)22-6-3)17-10-8-7-9-11-17/h7-11H,4-6,12H2,1-3H3/q+1. The van der Waals surface area contributed by atoms with Crippen LogP contribution in [0.1, 0.15) is 27.2 Å². The molecule has 0 saturated carbocycles. The highest BCUT2D eigenvalue weighted by molar-refractivity contribution is 8.22. The zero-order valence-electron chi connectivity index (χ0n) is 13.2. The predicted octanol–water partition coefficient (Wildman–Crippen LogP) is 3.13. The number of hydrogen-bond donors (Lipinski definition) is 0. The van der Waals surface area contributed by atoms with Crippen LogP contribution >= 0.6 is 23.5 Å². The van der Waals surface area contributed by atoms with Crippen molar-refractivity contribution in [1.82, 2.24) is 0 Å². The summed E-state index contributed by atoms with van der Waals surface area (Å²) in [4.78, 5) is 24.3. The average Bonchev–Trinajstić information content (AvgIpc) is 2.49. The number of Topliss-reactive ketones (excluding diaryl/α,β-unsaturated/α-hetero) is 1. The molecule has 1 aromatic heterocycles. The first-order valence-corrected chi connectivity index (χ1v) is 9.26. The van der Waals surface area contributed by atoms with Gasteiger partial charge in [0.15, 0.2) is 12.4 Å². The van der Waals surface area contributed by atoms with Crippen LogP contribution in [0.25, 0.3) is 5.70 Å². The van der Waals surface area contributed by atoms with Gasteiger partial charge in [0.05, 0.1) is 6.61 Å². The summed E-state index contributed by atoms with van der Waals surface area (Å²) in [7, 11) is 0. The summed E-state index contributed by atoms with van der Waals surface area (Å²) in [6.07, 6.45) is 3.42. The van der Waals surface area contributed by atoms with Gasteiger partial charge in [-0.3, -0.25) is 9.59 Å². The van der Waals surface area contributed by atoms with E-state index in [0.29, 0.717) is 5.70 Å². The van der Waals surface area contributed by atoms with Gasteiger partial charge in [-0.25, -0.2) is 0 Å². The third-order valence-electron chi connectivity index (χ3n) is 2.59. The number of hydrogen-bond acceptors (Lipinski definition) is 5. The van der Waals surface area contributed by atoms with E-state index in [0.717, 1.165) is 15.7 Å². The van der Waals surface area contributed by atoms with E-state index < -0.39 is 5.97 Å². The molecular weight excluding hydrogens is 318 g/mol. The van der Waals surface area contributed by atoms with E-state index in [1.807, 2.05) is 44.4 Å². The van der Waals surface area contributed by atoms with Crippen LogP contribution in [0.3, 0.4) is 0 Å². The minimum atomic E-state index is -0.483. The van der Waals surface area contributed by atoms with Crippen molar-refractivity contribution >= 4 is 41.0 Å². The molecule has 0 atom stereocenters. The van der Waals surface area contributed by atoms with Crippen LogP contribution < -0.4 is 4.57 Å². The number of thioether (sulfide) groups is 2. The number of nitrogens with zero attached hydrogens (tertiary/aromatic N) is 1. The fraction of sp³-hybridized carbons (Fsp3) is 0.438. The van der Waals surface area contributed by atoms with Crippen LogP contribution in [0, 0.1) is 0 Å². The Morgan fingerprint density at radius 2 is 1.59 bits per heavy atom. The second-order valence-electron chi connectivity index (χ2n) is 4.19. The van der Waals surface area contributed by atoms with Crippen LogP contribution in [0.2, 0.25) is 0 Å². The average molecular weight is 340 g/mol. The highest BCUT2D eigenvalue weighted by atomic mass is 32.2. The molecule has 0 spiro atoms. The summed E-state index contributed by atoms with van der Waals surface area (Å²) in [5.74, 6) is 1.04. The number of carbonyl (C=O) groups is 2. The number of ether oxygens (including phenoxy) is 1. The predicted molar refractivity (Wildman–Crippen MR) is 92.4 cm³/mol. The molecule has 6 heteroatoms. The molecule has 0 amide bonds. The van der Waals surface area contributed by atoms with Gasteiger partial charge in [-0.1, -0.05) is 19.9 Å². The van der Waals surface area contributed by atoms with Gasteiger partial charge in [-0.05, 0) is 18.4 Å². The second-order valence-corrected chi connectivity index (χ2v) is 7.00. The van der Waals surface area contributed by atoms with E-state index >= 15 is 0 Å². The monoisotopic (exact) mass is 340 g/mol. The van der Waals surface area contributed by atoms with Crippen molar-refractivity contribution in [3.63, 3.8) is 0 Å². The molecule has 0 saturated heterocycles. The summed E-state index contributed by atoms with van der Waals surface area (Å²) in [6, 6.07) is 5.62. The molecular formula is C16H22NO3S2+. The van der Waals surface area contributed by atoms with Gasteiger partial charge in [0, 0.05) is 12.1 Å². The Morgan fingerprint density at radius 3 is 2.09 bits per heavy atom. The quantitative estimate of drug-likeness (QED) is 0.299. The minimum Gasteiger partial charge on any atom is -0.466 e. The molecule has 0 aromatic carbocycles. The molecule has 4 nitrogen and oxygen atoms in total. The molecule has 120 valence electrons.